The number of hydrogen-bond acceptors (Lipinski definition) is 4. The van der Waals surface area contributed by atoms with Crippen molar-refractivity contribution in [2.75, 3.05) is 11.9 Å². The van der Waals surface area contributed by atoms with Crippen molar-refractivity contribution in [2.24, 2.45) is 0 Å². The lowest BCUT2D eigenvalue weighted by Crippen LogP contribution is -2.35. The summed E-state index contributed by atoms with van der Waals surface area (Å²) in [5.41, 5.74) is 0.150. The fraction of sp³-hybridized carbons (Fsp3) is 0.417. The van der Waals surface area contributed by atoms with Gasteiger partial charge < -0.3 is 14.8 Å². The lowest BCUT2D eigenvalue weighted by molar-refractivity contribution is -0.286. The second-order valence-electron chi connectivity index (χ2n) is 4.81. The Bertz CT molecular complexity index is 600. The van der Waals surface area contributed by atoms with Crippen LogP contribution in [0, 0.1) is 0 Å². The van der Waals surface area contributed by atoms with E-state index in [0.29, 0.717) is 0 Å². The number of halogens is 5. The molecule has 0 aromatic heterocycles. The predicted molar refractivity (Wildman–Crippen MR) is 69.9 cm³/mol. The first-order chi connectivity index (χ1) is 9.74. The van der Waals surface area contributed by atoms with Gasteiger partial charge in [-0.25, -0.2) is 8.78 Å². The zero-order chi connectivity index (χ0) is 15.3. The van der Waals surface area contributed by atoms with Crippen LogP contribution in [0.25, 0.3) is 0 Å². The lowest BCUT2D eigenvalue weighted by Gasteiger charge is -2.11. The molecule has 2 N–H and O–H groups in total. The summed E-state index contributed by atoms with van der Waals surface area (Å²) in [4.78, 5) is 11.8. The summed E-state index contributed by atoms with van der Waals surface area (Å²) in [6.45, 7) is -0.571. The van der Waals surface area contributed by atoms with Crippen LogP contribution in [-0.4, -0.2) is 30.7 Å². The van der Waals surface area contributed by atoms with E-state index in [1.54, 1.807) is 0 Å². The molecule has 1 unspecified atom stereocenters. The summed E-state index contributed by atoms with van der Waals surface area (Å²) in [5, 5.41) is 4.76. The Kier molecular flexibility index (Phi) is 4.14. The summed E-state index contributed by atoms with van der Waals surface area (Å²) >= 11 is 0. The third-order valence-electron chi connectivity index (χ3n) is 3.10. The number of alkyl halides is 4. The largest absolute Gasteiger partial charge is 0.586 e. The zero-order valence-corrected chi connectivity index (χ0v) is 11.7. The predicted octanol–water partition coefficient (Wildman–Crippen LogP) is 2.37. The molecule has 1 amide bonds. The quantitative estimate of drug-likeness (QED) is 0.810. The first-order valence-corrected chi connectivity index (χ1v) is 6.06. The number of carbonyl (C=O) groups excluding carboxylic acids is 1. The summed E-state index contributed by atoms with van der Waals surface area (Å²) in [5.74, 6) is -4.00. The lowest BCUT2D eigenvalue weighted by atomic mass is 10.2. The third-order valence-corrected chi connectivity index (χ3v) is 3.10. The molecule has 3 rings (SSSR count). The van der Waals surface area contributed by atoms with Gasteiger partial charge in [-0.2, -0.15) is 0 Å². The molecule has 1 aromatic carbocycles. The minimum Gasteiger partial charge on any atom is -0.395 e. The average molecular weight is 343 g/mol. The van der Waals surface area contributed by atoms with Gasteiger partial charge in [-0.15, -0.1) is 21.2 Å². The Balaban J connectivity index is 0.00000176. The number of carbonyl (C=O) groups is 1. The SMILES string of the molecule is Cl.O=C(Nc1ccc2c(c1)OC(F)(F)O2)C1CC(F)(F)CN1. The van der Waals surface area contributed by atoms with Gasteiger partial charge in [0.2, 0.25) is 5.91 Å². The fourth-order valence-electron chi connectivity index (χ4n) is 2.16. The molecule has 122 valence electrons. The number of benzene rings is 1. The van der Waals surface area contributed by atoms with E-state index in [1.807, 2.05) is 0 Å². The highest BCUT2D eigenvalue weighted by Gasteiger charge is 2.44. The molecule has 1 atom stereocenters. The maximum atomic E-state index is 13.0. The van der Waals surface area contributed by atoms with E-state index in [9.17, 15) is 22.4 Å². The minimum absolute atomic E-state index is 0. The Morgan fingerprint density at radius 1 is 1.23 bits per heavy atom. The van der Waals surface area contributed by atoms with Crippen molar-refractivity contribution < 1.29 is 31.8 Å². The van der Waals surface area contributed by atoms with E-state index in [0.717, 1.165) is 6.07 Å². The maximum Gasteiger partial charge on any atom is 0.586 e. The number of rotatable bonds is 2. The third kappa shape index (κ3) is 3.36. The topological polar surface area (TPSA) is 59.6 Å². The molecule has 22 heavy (non-hydrogen) atoms. The highest BCUT2D eigenvalue weighted by Crippen LogP contribution is 2.42. The van der Waals surface area contributed by atoms with Crippen LogP contribution in [0.4, 0.5) is 23.2 Å². The molecule has 1 saturated heterocycles. The van der Waals surface area contributed by atoms with E-state index < -0.39 is 37.1 Å². The van der Waals surface area contributed by atoms with Crippen molar-refractivity contribution >= 4 is 24.0 Å². The van der Waals surface area contributed by atoms with Crippen LogP contribution in [-0.2, 0) is 4.79 Å². The Labute approximate surface area is 128 Å². The summed E-state index contributed by atoms with van der Waals surface area (Å²) < 4.78 is 60.1. The molecule has 1 aromatic rings. The van der Waals surface area contributed by atoms with Gasteiger partial charge in [-0.3, -0.25) is 10.1 Å². The Morgan fingerprint density at radius 2 is 1.91 bits per heavy atom. The molecular weight excluding hydrogens is 332 g/mol. The van der Waals surface area contributed by atoms with Gasteiger partial charge in [0.05, 0.1) is 12.6 Å². The number of hydrogen-bond donors (Lipinski definition) is 2. The average Bonchev–Trinajstić information content (AvgIpc) is 2.86. The summed E-state index contributed by atoms with van der Waals surface area (Å²) in [7, 11) is 0. The highest BCUT2D eigenvalue weighted by molar-refractivity contribution is 5.95. The van der Waals surface area contributed by atoms with Crippen molar-refractivity contribution in [1.82, 2.24) is 5.32 Å². The van der Waals surface area contributed by atoms with Crippen LogP contribution in [0.3, 0.4) is 0 Å². The zero-order valence-electron chi connectivity index (χ0n) is 10.9. The summed E-state index contributed by atoms with van der Waals surface area (Å²) in [6.07, 6.45) is -4.36. The van der Waals surface area contributed by atoms with Gasteiger partial charge in [0, 0.05) is 18.2 Å². The molecular formula is C12H11ClF4N2O3. The standard InChI is InChI=1S/C12H10F4N2O3.ClH/c13-11(14)4-7(17-5-11)10(19)18-6-1-2-8-9(3-6)21-12(15,16)20-8;/h1-3,7,17H,4-5H2,(H,18,19);1H. The number of amides is 1. The van der Waals surface area contributed by atoms with Gasteiger partial charge in [0.1, 0.15) is 0 Å². The second-order valence-corrected chi connectivity index (χ2v) is 4.81. The van der Waals surface area contributed by atoms with Crippen LogP contribution < -0.4 is 20.1 Å². The molecule has 2 heterocycles. The molecule has 0 saturated carbocycles. The van der Waals surface area contributed by atoms with Gasteiger partial charge >= 0.3 is 6.29 Å². The number of fused-ring (bicyclic) bond motifs is 1. The van der Waals surface area contributed by atoms with E-state index >= 15 is 0 Å². The highest BCUT2D eigenvalue weighted by atomic mass is 35.5. The van der Waals surface area contributed by atoms with Crippen molar-refractivity contribution in [3.63, 3.8) is 0 Å². The first-order valence-electron chi connectivity index (χ1n) is 6.06. The van der Waals surface area contributed by atoms with Crippen molar-refractivity contribution in [3.05, 3.63) is 18.2 Å². The van der Waals surface area contributed by atoms with Crippen LogP contribution in [0.1, 0.15) is 6.42 Å². The normalized spacial score (nSPS) is 23.7. The van der Waals surface area contributed by atoms with Crippen LogP contribution in [0.15, 0.2) is 18.2 Å². The van der Waals surface area contributed by atoms with E-state index in [2.05, 4.69) is 20.1 Å². The Hall–Kier alpha value is -1.74. The van der Waals surface area contributed by atoms with Gasteiger partial charge in [-0.1, -0.05) is 0 Å². The number of ether oxygens (including phenoxy) is 2. The van der Waals surface area contributed by atoms with Gasteiger partial charge in [-0.05, 0) is 12.1 Å². The summed E-state index contributed by atoms with van der Waals surface area (Å²) in [6, 6.07) is 2.62. The molecule has 0 spiro atoms. The van der Waals surface area contributed by atoms with E-state index in [-0.39, 0.29) is 29.6 Å². The molecule has 0 radical (unpaired) electrons. The van der Waals surface area contributed by atoms with Crippen molar-refractivity contribution in [2.45, 2.75) is 24.7 Å². The molecule has 2 aliphatic heterocycles. The van der Waals surface area contributed by atoms with Gasteiger partial charge in [0.15, 0.2) is 11.5 Å². The number of anilines is 1. The van der Waals surface area contributed by atoms with Crippen LogP contribution in [0.2, 0.25) is 0 Å². The van der Waals surface area contributed by atoms with E-state index in [4.69, 9.17) is 0 Å². The maximum absolute atomic E-state index is 13.0. The fourth-order valence-corrected chi connectivity index (χ4v) is 2.16. The molecule has 2 aliphatic rings. The smallest absolute Gasteiger partial charge is 0.395 e. The minimum atomic E-state index is -3.75. The second kappa shape index (κ2) is 5.47. The monoisotopic (exact) mass is 342 g/mol. The molecule has 1 fully saturated rings. The first kappa shape index (κ1) is 16.6. The van der Waals surface area contributed by atoms with Crippen LogP contribution >= 0.6 is 12.4 Å². The van der Waals surface area contributed by atoms with Crippen molar-refractivity contribution in [3.8, 4) is 11.5 Å². The molecule has 0 aliphatic carbocycles. The number of nitrogens with one attached hydrogen (secondary N) is 2. The van der Waals surface area contributed by atoms with Crippen molar-refractivity contribution in [1.29, 1.82) is 0 Å². The molecule has 10 heteroatoms. The molecule has 5 nitrogen and oxygen atoms in total. The van der Waals surface area contributed by atoms with Gasteiger partial charge in [0.25, 0.3) is 5.92 Å². The van der Waals surface area contributed by atoms with Crippen LogP contribution in [0.5, 0.6) is 11.5 Å². The Morgan fingerprint density at radius 3 is 2.55 bits per heavy atom. The van der Waals surface area contributed by atoms with E-state index in [1.165, 1.54) is 12.1 Å². The molecule has 0 bridgehead atoms.